The van der Waals surface area contributed by atoms with Crippen LogP contribution in [0.25, 0.3) is 0 Å². The van der Waals surface area contributed by atoms with Crippen molar-refractivity contribution in [1.29, 1.82) is 0 Å². The fourth-order valence-electron chi connectivity index (χ4n) is 3.74. The first-order valence-electron chi connectivity index (χ1n) is 12.1. The highest BCUT2D eigenvalue weighted by Gasteiger charge is 2.20. The van der Waals surface area contributed by atoms with Crippen LogP contribution in [0.2, 0.25) is 0 Å². The maximum absolute atomic E-state index is 12.5. The number of aliphatic hydroxyl groups excluding tert-OH is 1. The molecule has 1 fully saturated rings. The first kappa shape index (κ1) is 25.4. The largest absolute Gasteiger partial charge is 0.394 e. The molecule has 3 heterocycles. The number of anilines is 4. The van der Waals surface area contributed by atoms with E-state index in [0.717, 1.165) is 38.4 Å². The summed E-state index contributed by atoms with van der Waals surface area (Å²) in [5, 5.41) is 14.8. The van der Waals surface area contributed by atoms with Crippen LogP contribution in [-0.2, 0) is 11.2 Å². The fraction of sp³-hybridized carbons (Fsp3) is 0.400. The van der Waals surface area contributed by atoms with Crippen molar-refractivity contribution in [2.45, 2.75) is 13.3 Å². The normalized spacial score (nSPS) is 14.0. The molecule has 36 heavy (non-hydrogen) atoms. The van der Waals surface area contributed by atoms with Gasteiger partial charge < -0.3 is 25.4 Å². The fourth-order valence-corrected chi connectivity index (χ4v) is 3.74. The lowest BCUT2D eigenvalue weighted by atomic mass is 10.2. The first-order valence-corrected chi connectivity index (χ1v) is 12.1. The quantitative estimate of drug-likeness (QED) is 0.342. The molecular formula is C25H32N8O3. The molecule has 3 aromatic rings. The summed E-state index contributed by atoms with van der Waals surface area (Å²) in [6, 6.07) is 12.7. The Morgan fingerprint density at radius 2 is 1.83 bits per heavy atom. The van der Waals surface area contributed by atoms with E-state index in [9.17, 15) is 4.79 Å². The van der Waals surface area contributed by atoms with E-state index in [1.54, 1.807) is 12.1 Å². The number of aromatic nitrogens is 4. The highest BCUT2D eigenvalue weighted by atomic mass is 16.5. The monoisotopic (exact) mass is 492 g/mol. The third-order valence-corrected chi connectivity index (χ3v) is 5.73. The van der Waals surface area contributed by atoms with E-state index in [2.05, 4.69) is 40.4 Å². The highest BCUT2D eigenvalue weighted by Crippen LogP contribution is 2.17. The molecule has 0 atom stereocenters. The number of hydrogen-bond acceptors (Lipinski definition) is 10. The number of carbonyl (C=O) groups is 1. The molecule has 0 radical (unpaired) electrons. The van der Waals surface area contributed by atoms with Crippen LogP contribution in [0.5, 0.6) is 0 Å². The predicted octanol–water partition coefficient (Wildman–Crippen LogP) is 1.96. The second kappa shape index (κ2) is 12.9. The van der Waals surface area contributed by atoms with E-state index >= 15 is 0 Å². The predicted molar refractivity (Wildman–Crippen MR) is 138 cm³/mol. The molecule has 1 aromatic carbocycles. The molecule has 11 heteroatoms. The number of para-hydroxylation sites is 1. The number of benzene rings is 1. The summed E-state index contributed by atoms with van der Waals surface area (Å²) < 4.78 is 5.37. The first-order chi connectivity index (χ1) is 17.6. The van der Waals surface area contributed by atoms with Gasteiger partial charge in [-0.15, -0.1) is 0 Å². The number of hydrogen-bond donors (Lipinski definition) is 3. The molecule has 190 valence electrons. The van der Waals surface area contributed by atoms with Gasteiger partial charge in [0, 0.05) is 51.0 Å². The summed E-state index contributed by atoms with van der Waals surface area (Å²) in [6.45, 7) is 7.24. The van der Waals surface area contributed by atoms with Crippen LogP contribution in [0, 0.1) is 0 Å². The van der Waals surface area contributed by atoms with Crippen molar-refractivity contribution in [2.24, 2.45) is 0 Å². The van der Waals surface area contributed by atoms with E-state index < -0.39 is 0 Å². The zero-order chi connectivity index (χ0) is 25.2. The van der Waals surface area contributed by atoms with Gasteiger partial charge >= 0.3 is 0 Å². The van der Waals surface area contributed by atoms with Gasteiger partial charge in [-0.2, -0.15) is 15.0 Å². The molecule has 0 saturated carbocycles. The molecule has 0 unspecified atom stereocenters. The van der Waals surface area contributed by atoms with E-state index in [1.165, 1.54) is 6.20 Å². The lowest BCUT2D eigenvalue weighted by Gasteiger charge is -2.34. The molecule has 4 rings (SSSR count). The number of nitrogens with zero attached hydrogens (tertiary/aromatic N) is 6. The van der Waals surface area contributed by atoms with Crippen molar-refractivity contribution in [3.63, 3.8) is 0 Å². The zero-order valence-electron chi connectivity index (χ0n) is 20.4. The number of carbonyl (C=O) groups excluding carboxylic acids is 1. The molecular weight excluding hydrogens is 460 g/mol. The molecule has 3 N–H and O–H groups in total. The molecule has 0 aliphatic carbocycles. The van der Waals surface area contributed by atoms with Crippen LogP contribution < -0.4 is 15.5 Å². The highest BCUT2D eigenvalue weighted by molar-refractivity contribution is 6.04. The van der Waals surface area contributed by atoms with Gasteiger partial charge in [0.2, 0.25) is 11.9 Å². The van der Waals surface area contributed by atoms with E-state index in [0.29, 0.717) is 48.7 Å². The lowest BCUT2D eigenvalue weighted by Crippen LogP contribution is -2.48. The van der Waals surface area contributed by atoms with Crippen LogP contribution in [-0.4, -0.2) is 88.4 Å². The van der Waals surface area contributed by atoms with Gasteiger partial charge in [-0.3, -0.25) is 9.69 Å². The number of nitrogens with one attached hydrogen (secondary N) is 2. The van der Waals surface area contributed by atoms with Crippen LogP contribution in [0.3, 0.4) is 0 Å². The van der Waals surface area contributed by atoms with Crippen LogP contribution >= 0.6 is 0 Å². The molecule has 0 spiro atoms. The standard InChI is InChI=1S/C25H32N8O3/c1-2-21-28-24(31-25(30-21)33-12-10-32(11-13-33)14-16-36-17-15-34)29-22-9-8-19(18-26-22)23(35)27-20-6-4-3-5-7-20/h3-9,18,34H,2,10-17H2,1H3,(H,27,35)(H,26,28,29,30,31). The second-order valence-electron chi connectivity index (χ2n) is 8.27. The third-order valence-electron chi connectivity index (χ3n) is 5.73. The Bertz CT molecular complexity index is 1110. The van der Waals surface area contributed by atoms with Crippen LogP contribution in [0.1, 0.15) is 23.1 Å². The van der Waals surface area contributed by atoms with Gasteiger partial charge in [0.15, 0.2) is 0 Å². The number of ether oxygens (including phenoxy) is 1. The number of piperazine rings is 1. The maximum Gasteiger partial charge on any atom is 0.257 e. The molecule has 1 aliphatic heterocycles. The maximum atomic E-state index is 12.5. The Morgan fingerprint density at radius 3 is 2.53 bits per heavy atom. The summed E-state index contributed by atoms with van der Waals surface area (Å²) in [5.41, 5.74) is 1.18. The van der Waals surface area contributed by atoms with Gasteiger partial charge in [0.25, 0.3) is 5.91 Å². The van der Waals surface area contributed by atoms with E-state index in [1.807, 2.05) is 37.3 Å². The number of amides is 1. The molecule has 0 bridgehead atoms. The summed E-state index contributed by atoms with van der Waals surface area (Å²) >= 11 is 0. The van der Waals surface area contributed by atoms with Gasteiger partial charge in [-0.1, -0.05) is 25.1 Å². The third kappa shape index (κ3) is 7.17. The average Bonchev–Trinajstić information content (AvgIpc) is 2.92. The average molecular weight is 493 g/mol. The number of aryl methyl sites for hydroxylation is 1. The summed E-state index contributed by atoms with van der Waals surface area (Å²) in [4.78, 5) is 35.1. The summed E-state index contributed by atoms with van der Waals surface area (Å²) in [6.07, 6.45) is 2.20. The van der Waals surface area contributed by atoms with Crippen LogP contribution in [0.15, 0.2) is 48.7 Å². The van der Waals surface area contributed by atoms with E-state index in [4.69, 9.17) is 9.84 Å². The Kier molecular flexibility index (Phi) is 9.09. The number of rotatable bonds is 11. The van der Waals surface area contributed by atoms with Crippen molar-refractivity contribution in [3.05, 3.63) is 60.0 Å². The Hall–Kier alpha value is -3.67. The number of pyridine rings is 1. The minimum Gasteiger partial charge on any atom is -0.394 e. The smallest absolute Gasteiger partial charge is 0.257 e. The summed E-state index contributed by atoms with van der Waals surface area (Å²) in [7, 11) is 0. The van der Waals surface area contributed by atoms with Gasteiger partial charge in [0.05, 0.1) is 25.4 Å². The van der Waals surface area contributed by atoms with Gasteiger partial charge in [-0.05, 0) is 24.3 Å². The minimum atomic E-state index is -0.227. The number of aliphatic hydroxyl groups is 1. The van der Waals surface area contributed by atoms with Crippen molar-refractivity contribution in [3.8, 4) is 0 Å². The van der Waals surface area contributed by atoms with Crippen molar-refractivity contribution >= 4 is 29.3 Å². The van der Waals surface area contributed by atoms with Crippen molar-refractivity contribution in [2.75, 3.05) is 68.1 Å². The van der Waals surface area contributed by atoms with Crippen molar-refractivity contribution in [1.82, 2.24) is 24.8 Å². The molecule has 2 aromatic heterocycles. The second-order valence-corrected chi connectivity index (χ2v) is 8.27. The van der Waals surface area contributed by atoms with Crippen molar-refractivity contribution < 1.29 is 14.6 Å². The van der Waals surface area contributed by atoms with E-state index in [-0.39, 0.29) is 12.5 Å². The molecule has 1 aliphatic rings. The molecule has 11 nitrogen and oxygen atoms in total. The Balaban J connectivity index is 1.36. The van der Waals surface area contributed by atoms with Gasteiger partial charge in [-0.25, -0.2) is 4.98 Å². The summed E-state index contributed by atoms with van der Waals surface area (Å²) in [5.74, 6) is 2.07. The van der Waals surface area contributed by atoms with Gasteiger partial charge in [0.1, 0.15) is 11.6 Å². The Labute approximate surface area is 210 Å². The topological polar surface area (TPSA) is 129 Å². The zero-order valence-corrected chi connectivity index (χ0v) is 20.4. The molecule has 1 saturated heterocycles. The van der Waals surface area contributed by atoms with Crippen LogP contribution in [0.4, 0.5) is 23.4 Å². The Morgan fingerprint density at radius 1 is 1.03 bits per heavy atom. The molecule has 1 amide bonds. The lowest BCUT2D eigenvalue weighted by molar-refractivity contribution is 0.0724. The minimum absolute atomic E-state index is 0.0482. The SMILES string of the molecule is CCc1nc(Nc2ccc(C(=O)Nc3ccccc3)cn2)nc(N2CCN(CCOCCO)CC2)n1.